The van der Waals surface area contributed by atoms with Crippen molar-refractivity contribution in [2.45, 2.75) is 64.3 Å². The molecule has 1 amide bonds. The number of likely N-dealkylation sites (tertiary alicyclic amines) is 1. The largest absolute Gasteiger partial charge is 0.342 e. The van der Waals surface area contributed by atoms with Crippen LogP contribution in [0.3, 0.4) is 0 Å². The van der Waals surface area contributed by atoms with E-state index in [2.05, 4.69) is 11.8 Å². The highest BCUT2D eigenvalue weighted by Crippen LogP contribution is 2.29. The van der Waals surface area contributed by atoms with E-state index in [-0.39, 0.29) is 18.4 Å². The van der Waals surface area contributed by atoms with E-state index in [0.29, 0.717) is 11.8 Å². The van der Waals surface area contributed by atoms with Gasteiger partial charge < -0.3 is 10.6 Å². The summed E-state index contributed by atoms with van der Waals surface area (Å²) < 4.78 is 0. The fourth-order valence-corrected chi connectivity index (χ4v) is 3.45. The van der Waals surface area contributed by atoms with Crippen LogP contribution >= 0.6 is 12.4 Å². The summed E-state index contributed by atoms with van der Waals surface area (Å²) in [5.74, 6) is 1.70. The predicted molar refractivity (Wildman–Crippen MR) is 81.4 cm³/mol. The molecule has 0 aromatic carbocycles. The number of amides is 1. The number of carbonyl (C=O) groups excluding carboxylic acids is 1. The molecule has 19 heavy (non-hydrogen) atoms. The topological polar surface area (TPSA) is 46.3 Å². The normalized spacial score (nSPS) is 26.0. The SMILES string of the molecule is CC(N)C1CCCN(C(=O)CCC2CCCC2)C1.Cl. The fourth-order valence-electron chi connectivity index (χ4n) is 3.45. The van der Waals surface area contributed by atoms with E-state index in [1.54, 1.807) is 0 Å². The molecule has 3 nitrogen and oxygen atoms in total. The van der Waals surface area contributed by atoms with Gasteiger partial charge in [0.1, 0.15) is 0 Å². The highest BCUT2D eigenvalue weighted by molar-refractivity contribution is 5.85. The van der Waals surface area contributed by atoms with Crippen LogP contribution in [0.1, 0.15) is 58.3 Å². The smallest absolute Gasteiger partial charge is 0.222 e. The van der Waals surface area contributed by atoms with Gasteiger partial charge in [0.25, 0.3) is 0 Å². The average Bonchev–Trinajstić information content (AvgIpc) is 2.89. The molecule has 2 unspecified atom stereocenters. The number of hydrogen-bond acceptors (Lipinski definition) is 2. The third kappa shape index (κ3) is 4.96. The second kappa shape index (κ2) is 8.11. The van der Waals surface area contributed by atoms with Crippen LogP contribution in [0.15, 0.2) is 0 Å². The monoisotopic (exact) mass is 288 g/mol. The van der Waals surface area contributed by atoms with Crippen molar-refractivity contribution in [1.82, 2.24) is 4.90 Å². The minimum atomic E-state index is 0. The van der Waals surface area contributed by atoms with Crippen LogP contribution in [0.4, 0.5) is 0 Å². The van der Waals surface area contributed by atoms with Gasteiger partial charge in [-0.2, -0.15) is 0 Å². The highest BCUT2D eigenvalue weighted by atomic mass is 35.5. The van der Waals surface area contributed by atoms with Gasteiger partial charge >= 0.3 is 0 Å². The van der Waals surface area contributed by atoms with E-state index in [1.807, 2.05) is 0 Å². The van der Waals surface area contributed by atoms with Crippen molar-refractivity contribution in [3.63, 3.8) is 0 Å². The molecule has 4 heteroatoms. The summed E-state index contributed by atoms with van der Waals surface area (Å²) >= 11 is 0. The Morgan fingerprint density at radius 3 is 2.58 bits per heavy atom. The Balaban J connectivity index is 0.00000180. The Hall–Kier alpha value is -0.280. The zero-order valence-electron chi connectivity index (χ0n) is 12.1. The van der Waals surface area contributed by atoms with Gasteiger partial charge in [-0.3, -0.25) is 4.79 Å². The van der Waals surface area contributed by atoms with Crippen LogP contribution in [-0.2, 0) is 4.79 Å². The summed E-state index contributed by atoms with van der Waals surface area (Å²) in [6.07, 6.45) is 9.61. The molecule has 1 aliphatic heterocycles. The molecule has 0 radical (unpaired) electrons. The van der Waals surface area contributed by atoms with Gasteiger partial charge in [0.05, 0.1) is 0 Å². The summed E-state index contributed by atoms with van der Waals surface area (Å²) in [7, 11) is 0. The first-order valence-corrected chi connectivity index (χ1v) is 7.70. The summed E-state index contributed by atoms with van der Waals surface area (Å²) in [5, 5.41) is 0. The molecule has 2 rings (SSSR count). The first kappa shape index (κ1) is 16.8. The number of nitrogens with zero attached hydrogens (tertiary/aromatic N) is 1. The van der Waals surface area contributed by atoms with Crippen LogP contribution in [-0.4, -0.2) is 29.9 Å². The van der Waals surface area contributed by atoms with Gasteiger partial charge in [0.2, 0.25) is 5.91 Å². The molecule has 1 saturated carbocycles. The third-order valence-electron chi connectivity index (χ3n) is 4.80. The number of halogens is 1. The second-order valence-corrected chi connectivity index (χ2v) is 6.29. The quantitative estimate of drug-likeness (QED) is 0.864. The van der Waals surface area contributed by atoms with Crippen LogP contribution in [0.5, 0.6) is 0 Å². The van der Waals surface area contributed by atoms with Crippen LogP contribution < -0.4 is 5.73 Å². The molecule has 2 atom stereocenters. The number of rotatable bonds is 4. The Morgan fingerprint density at radius 2 is 1.95 bits per heavy atom. The second-order valence-electron chi connectivity index (χ2n) is 6.29. The van der Waals surface area contributed by atoms with E-state index in [1.165, 1.54) is 32.1 Å². The molecule has 0 spiro atoms. The van der Waals surface area contributed by atoms with E-state index >= 15 is 0 Å². The molecule has 2 aliphatic rings. The van der Waals surface area contributed by atoms with Crippen LogP contribution in [0.2, 0.25) is 0 Å². The van der Waals surface area contributed by atoms with Crippen molar-refractivity contribution in [3.05, 3.63) is 0 Å². The molecule has 0 bridgehead atoms. The summed E-state index contributed by atoms with van der Waals surface area (Å²) in [5.41, 5.74) is 5.97. The van der Waals surface area contributed by atoms with Crippen molar-refractivity contribution < 1.29 is 4.79 Å². The molecule has 1 saturated heterocycles. The van der Waals surface area contributed by atoms with Crippen molar-refractivity contribution in [2.24, 2.45) is 17.6 Å². The van der Waals surface area contributed by atoms with Crippen molar-refractivity contribution in [2.75, 3.05) is 13.1 Å². The van der Waals surface area contributed by atoms with Gasteiger partial charge in [0, 0.05) is 25.6 Å². The maximum atomic E-state index is 12.2. The van der Waals surface area contributed by atoms with Gasteiger partial charge in [-0.15, -0.1) is 12.4 Å². The van der Waals surface area contributed by atoms with Crippen molar-refractivity contribution in [3.8, 4) is 0 Å². The molecular formula is C15H29ClN2O. The Labute approximate surface area is 123 Å². The lowest BCUT2D eigenvalue weighted by Crippen LogP contribution is -2.45. The summed E-state index contributed by atoms with van der Waals surface area (Å²) in [4.78, 5) is 14.3. The molecule has 0 aromatic heterocycles. The van der Waals surface area contributed by atoms with Crippen molar-refractivity contribution in [1.29, 1.82) is 0 Å². The van der Waals surface area contributed by atoms with Gasteiger partial charge in [-0.1, -0.05) is 25.7 Å². The lowest BCUT2D eigenvalue weighted by Gasteiger charge is -2.34. The lowest BCUT2D eigenvalue weighted by molar-refractivity contribution is -0.133. The van der Waals surface area contributed by atoms with E-state index in [4.69, 9.17) is 5.73 Å². The molecule has 112 valence electrons. The predicted octanol–water partition coefficient (Wildman–Crippen LogP) is 2.96. The zero-order valence-corrected chi connectivity index (χ0v) is 13.0. The van der Waals surface area contributed by atoms with Gasteiger partial charge in [-0.25, -0.2) is 0 Å². The van der Waals surface area contributed by atoms with E-state index in [9.17, 15) is 4.79 Å². The molecule has 2 fully saturated rings. The minimum Gasteiger partial charge on any atom is -0.342 e. The summed E-state index contributed by atoms with van der Waals surface area (Å²) in [6.45, 7) is 3.91. The zero-order chi connectivity index (χ0) is 13.0. The average molecular weight is 289 g/mol. The van der Waals surface area contributed by atoms with Crippen LogP contribution in [0.25, 0.3) is 0 Å². The first-order chi connectivity index (χ1) is 8.66. The minimum absolute atomic E-state index is 0. The lowest BCUT2D eigenvalue weighted by atomic mass is 9.91. The molecule has 1 heterocycles. The maximum absolute atomic E-state index is 12.2. The fraction of sp³-hybridized carbons (Fsp3) is 0.933. The molecular weight excluding hydrogens is 260 g/mol. The number of carbonyl (C=O) groups is 1. The highest BCUT2D eigenvalue weighted by Gasteiger charge is 2.26. The molecule has 2 N–H and O–H groups in total. The third-order valence-corrected chi connectivity index (χ3v) is 4.80. The Bertz CT molecular complexity index is 277. The van der Waals surface area contributed by atoms with Gasteiger partial charge in [0.15, 0.2) is 0 Å². The number of piperidine rings is 1. The first-order valence-electron chi connectivity index (χ1n) is 7.70. The number of hydrogen-bond donors (Lipinski definition) is 1. The standard InChI is InChI=1S/C15H28N2O.ClH/c1-12(16)14-7-4-10-17(11-14)15(18)9-8-13-5-2-3-6-13;/h12-14H,2-11,16H2,1H3;1H. The maximum Gasteiger partial charge on any atom is 0.222 e. The summed E-state index contributed by atoms with van der Waals surface area (Å²) in [6, 6.07) is 0.218. The van der Waals surface area contributed by atoms with Gasteiger partial charge in [-0.05, 0) is 38.0 Å². The Morgan fingerprint density at radius 1 is 1.26 bits per heavy atom. The van der Waals surface area contributed by atoms with Crippen LogP contribution in [0, 0.1) is 11.8 Å². The van der Waals surface area contributed by atoms with E-state index in [0.717, 1.165) is 38.3 Å². The van der Waals surface area contributed by atoms with E-state index < -0.39 is 0 Å². The Kier molecular flexibility index (Phi) is 7.16. The molecule has 1 aliphatic carbocycles. The van der Waals surface area contributed by atoms with Crippen molar-refractivity contribution >= 4 is 18.3 Å². The molecule has 0 aromatic rings. The number of nitrogens with two attached hydrogens (primary N) is 1.